The Kier molecular flexibility index (Phi) is 9.70. The highest BCUT2D eigenvalue weighted by Crippen LogP contribution is 2.40. The molecule has 5 aromatic rings. The van der Waals surface area contributed by atoms with E-state index in [4.69, 9.17) is 26.3 Å². The average Bonchev–Trinajstić information content (AvgIpc) is 3.71. The van der Waals surface area contributed by atoms with E-state index in [2.05, 4.69) is 85.8 Å². The van der Waals surface area contributed by atoms with Crippen LogP contribution in [0.15, 0.2) is 96.5 Å². The number of carbonyl (C=O) groups is 1. The van der Waals surface area contributed by atoms with E-state index in [0.29, 0.717) is 22.8 Å². The molecule has 0 aliphatic carbocycles. The zero-order valence-corrected chi connectivity index (χ0v) is 28.6. The van der Waals surface area contributed by atoms with Gasteiger partial charge >= 0.3 is 0 Å². The Bertz CT molecular complexity index is 1770. The predicted molar refractivity (Wildman–Crippen MR) is 184 cm³/mol. The van der Waals surface area contributed by atoms with Gasteiger partial charge in [0, 0.05) is 23.2 Å². The molecular weight excluding hydrogens is 618 g/mol. The molecule has 2 aromatic heterocycles. The van der Waals surface area contributed by atoms with E-state index in [1.165, 1.54) is 21.7 Å². The lowest BCUT2D eigenvalue weighted by Gasteiger charge is -2.44. The quantitative estimate of drug-likeness (QED) is 0.164. The van der Waals surface area contributed by atoms with E-state index in [1.54, 1.807) is 22.2 Å². The van der Waals surface area contributed by atoms with Crippen LogP contribution in [0.1, 0.15) is 61.8 Å². The maximum Gasteiger partial charge on any atom is 0.271 e. The first-order valence-corrected chi connectivity index (χ1v) is 18.0. The Morgan fingerprint density at radius 2 is 1.69 bits per heavy atom. The number of nitrogens with one attached hydrogen (secondary N) is 1. The van der Waals surface area contributed by atoms with Crippen molar-refractivity contribution in [2.45, 2.75) is 58.3 Å². The van der Waals surface area contributed by atoms with Crippen LogP contribution in [-0.2, 0) is 11.0 Å². The summed E-state index contributed by atoms with van der Waals surface area (Å²) < 4.78 is 8.97. The molecule has 0 bridgehead atoms. The van der Waals surface area contributed by atoms with Gasteiger partial charge in [0.05, 0.1) is 28.9 Å². The Hall–Kier alpha value is -4.07. The van der Waals surface area contributed by atoms with Crippen molar-refractivity contribution in [1.82, 2.24) is 20.1 Å². The van der Waals surface area contributed by atoms with Crippen molar-refractivity contribution in [3.63, 3.8) is 0 Å². The van der Waals surface area contributed by atoms with Crippen LogP contribution in [0.2, 0.25) is 10.1 Å². The van der Waals surface area contributed by atoms with E-state index >= 15 is 0 Å². The molecule has 1 unspecified atom stereocenters. The second-order valence-electron chi connectivity index (χ2n) is 12.1. The highest BCUT2D eigenvalue weighted by Gasteiger charge is 2.51. The van der Waals surface area contributed by atoms with Crippen LogP contribution >= 0.6 is 22.9 Å². The molecule has 230 valence electrons. The molecule has 2 heterocycles. The molecule has 10 heteroatoms. The van der Waals surface area contributed by atoms with Crippen LogP contribution < -0.4 is 15.7 Å². The van der Waals surface area contributed by atoms with Crippen LogP contribution in [0.4, 0.5) is 0 Å². The van der Waals surface area contributed by atoms with Crippen LogP contribution in [0.5, 0.6) is 0 Å². The molecule has 0 spiro atoms. The molecule has 0 aliphatic rings. The van der Waals surface area contributed by atoms with Gasteiger partial charge in [-0.25, -0.2) is 4.98 Å². The first-order chi connectivity index (χ1) is 21.5. The molecule has 5 rings (SSSR count). The summed E-state index contributed by atoms with van der Waals surface area (Å²) in [6.07, 6.45) is 1.54. The van der Waals surface area contributed by atoms with Crippen LogP contribution in [0.25, 0.3) is 11.3 Å². The monoisotopic (exact) mass is 653 g/mol. The van der Waals surface area contributed by atoms with Crippen molar-refractivity contribution in [2.75, 3.05) is 0 Å². The second kappa shape index (κ2) is 13.5. The van der Waals surface area contributed by atoms with Gasteiger partial charge in [0.15, 0.2) is 0 Å². The minimum Gasteiger partial charge on any atom is -0.398 e. The van der Waals surface area contributed by atoms with Gasteiger partial charge in [-0.2, -0.15) is 10.4 Å². The summed E-state index contributed by atoms with van der Waals surface area (Å²) in [5.74, 6) is -0.242. The third-order valence-corrected chi connectivity index (χ3v) is 14.2. The normalized spacial score (nSPS) is 13.2. The molecule has 1 N–H and O–H groups in total. The van der Waals surface area contributed by atoms with Crippen molar-refractivity contribution in [3.05, 3.63) is 118 Å². The van der Waals surface area contributed by atoms with Gasteiger partial charge in [0.2, 0.25) is 0 Å². The molecule has 0 aliphatic heterocycles. The summed E-state index contributed by atoms with van der Waals surface area (Å²) in [6, 6.07) is 30.0. The smallest absolute Gasteiger partial charge is 0.271 e. The highest BCUT2D eigenvalue weighted by molar-refractivity contribution is 7.10. The SMILES string of the molecule is CC(O[Si](c1ccccc1)(c1ccccc1)C(C)(C)C)c1nc(C(=O)N[C@@H](C)Cn2ccc(-c3ccc(C#N)c(Cl)c3)n2)cs1. The maximum absolute atomic E-state index is 13.2. The van der Waals surface area contributed by atoms with Gasteiger partial charge in [-0.05, 0) is 47.5 Å². The molecule has 0 fully saturated rings. The van der Waals surface area contributed by atoms with Crippen LogP contribution in [0.3, 0.4) is 0 Å². The number of carbonyl (C=O) groups excluding carboxylic acids is 1. The molecule has 7 nitrogen and oxygen atoms in total. The Morgan fingerprint density at radius 1 is 1.04 bits per heavy atom. The summed E-state index contributed by atoms with van der Waals surface area (Å²) in [6.45, 7) is 11.2. The number of aromatic nitrogens is 3. The first-order valence-electron chi connectivity index (χ1n) is 14.8. The molecule has 0 saturated carbocycles. The van der Waals surface area contributed by atoms with Gasteiger partial charge in [-0.3, -0.25) is 9.48 Å². The Balaban J connectivity index is 1.29. The Morgan fingerprint density at radius 3 is 2.27 bits per heavy atom. The number of benzene rings is 3. The molecular formula is C35H36ClN5O2SSi. The van der Waals surface area contributed by atoms with E-state index in [-0.39, 0.29) is 23.1 Å². The number of hydrogen-bond acceptors (Lipinski definition) is 6. The predicted octanol–water partition coefficient (Wildman–Crippen LogP) is 6.99. The third kappa shape index (κ3) is 6.95. The molecule has 0 radical (unpaired) electrons. The fourth-order valence-electron chi connectivity index (χ4n) is 5.59. The minimum atomic E-state index is -2.78. The number of halogens is 1. The van der Waals surface area contributed by atoms with E-state index in [9.17, 15) is 4.79 Å². The third-order valence-electron chi connectivity index (χ3n) is 7.74. The van der Waals surface area contributed by atoms with Gasteiger partial charge in [0.25, 0.3) is 14.2 Å². The summed E-state index contributed by atoms with van der Waals surface area (Å²) in [4.78, 5) is 18.0. The van der Waals surface area contributed by atoms with Gasteiger partial charge in [-0.1, -0.05) is 99.1 Å². The van der Waals surface area contributed by atoms with Gasteiger partial charge in [-0.15, -0.1) is 11.3 Å². The average molecular weight is 654 g/mol. The summed E-state index contributed by atoms with van der Waals surface area (Å²) in [7, 11) is -2.78. The van der Waals surface area contributed by atoms with Crippen molar-refractivity contribution in [3.8, 4) is 17.3 Å². The van der Waals surface area contributed by atoms with Crippen molar-refractivity contribution in [1.29, 1.82) is 5.26 Å². The zero-order chi connectivity index (χ0) is 32.2. The lowest BCUT2D eigenvalue weighted by Crippen LogP contribution is -2.66. The number of amides is 1. The fraction of sp³-hybridized carbons (Fsp3) is 0.257. The number of hydrogen-bond donors (Lipinski definition) is 1. The summed E-state index contributed by atoms with van der Waals surface area (Å²) >= 11 is 7.64. The lowest BCUT2D eigenvalue weighted by molar-refractivity contribution is 0.0931. The zero-order valence-electron chi connectivity index (χ0n) is 26.0. The Labute approximate surface area is 274 Å². The van der Waals surface area contributed by atoms with Gasteiger partial charge in [0.1, 0.15) is 16.8 Å². The fourth-order valence-corrected chi connectivity index (χ4v) is 11.3. The molecule has 3 aromatic carbocycles. The molecule has 0 saturated heterocycles. The molecule has 45 heavy (non-hydrogen) atoms. The number of nitriles is 1. The van der Waals surface area contributed by atoms with Crippen LogP contribution in [-0.4, -0.2) is 35.0 Å². The molecule has 2 atom stereocenters. The van der Waals surface area contributed by atoms with E-state index in [0.717, 1.165) is 16.3 Å². The first kappa shape index (κ1) is 32.3. The van der Waals surface area contributed by atoms with Crippen molar-refractivity contribution < 1.29 is 9.22 Å². The standard InChI is InChI=1S/C35H36ClN5O2SSi/c1-24(22-41-19-18-31(40-41)26-16-17-27(21-37)30(36)20-26)38-33(42)32-23-44-34(39-32)25(2)43-45(35(3,4)5,28-12-8-6-9-13-28)29-14-10-7-11-15-29/h6-20,23-25H,22H2,1-5H3,(H,38,42)/t24-,25?/m0/s1. The molecule has 1 amide bonds. The summed E-state index contributed by atoms with van der Waals surface area (Å²) in [5, 5.41) is 22.0. The van der Waals surface area contributed by atoms with Crippen molar-refractivity contribution >= 4 is 47.5 Å². The van der Waals surface area contributed by atoms with Crippen molar-refractivity contribution in [2.24, 2.45) is 0 Å². The number of rotatable bonds is 10. The number of thiazole rings is 1. The largest absolute Gasteiger partial charge is 0.398 e. The second-order valence-corrected chi connectivity index (χ2v) is 17.6. The minimum absolute atomic E-state index is 0.171. The lowest BCUT2D eigenvalue weighted by atomic mass is 10.1. The van der Waals surface area contributed by atoms with E-state index < -0.39 is 8.32 Å². The van der Waals surface area contributed by atoms with E-state index in [1.807, 2.05) is 44.3 Å². The number of nitrogens with zero attached hydrogens (tertiary/aromatic N) is 4. The van der Waals surface area contributed by atoms with Crippen LogP contribution in [0, 0.1) is 11.3 Å². The maximum atomic E-state index is 13.2. The summed E-state index contributed by atoms with van der Waals surface area (Å²) in [5.41, 5.74) is 2.34. The highest BCUT2D eigenvalue weighted by atomic mass is 35.5. The van der Waals surface area contributed by atoms with Gasteiger partial charge < -0.3 is 9.74 Å². The topological polar surface area (TPSA) is 92.8 Å².